The number of nitrogens with zero attached hydrogens (tertiary/aromatic N) is 1. The van der Waals surface area contributed by atoms with Crippen LogP contribution < -0.4 is 0 Å². The number of halogens is 1. The molecule has 0 aliphatic carbocycles. The molecule has 2 rings (SSSR count). The van der Waals surface area contributed by atoms with Gasteiger partial charge in [-0.05, 0) is 11.8 Å². The molecule has 0 aromatic carbocycles. The summed E-state index contributed by atoms with van der Waals surface area (Å²) >= 11 is 7.35. The Morgan fingerprint density at radius 1 is 1.75 bits per heavy atom. The number of hydrogen-bond donors (Lipinski definition) is 0. The van der Waals surface area contributed by atoms with Gasteiger partial charge < -0.3 is 0 Å². The maximum absolute atomic E-state index is 10.5. The lowest BCUT2D eigenvalue weighted by atomic mass is 10.00. The fraction of sp³-hybridized carbons (Fsp3) is 0.250. The highest BCUT2D eigenvalue weighted by molar-refractivity contribution is 8.16. The molecule has 2 nitrogen and oxygen atoms in total. The zero-order valence-corrected chi connectivity index (χ0v) is 7.73. The van der Waals surface area contributed by atoms with Crippen LogP contribution in [0.3, 0.4) is 0 Å². The van der Waals surface area contributed by atoms with Crippen molar-refractivity contribution in [2.45, 2.75) is 6.42 Å². The maximum atomic E-state index is 10.5. The smallest absolute Gasteiger partial charge is 0.149 e. The van der Waals surface area contributed by atoms with Gasteiger partial charge in [-0.3, -0.25) is 4.79 Å². The summed E-state index contributed by atoms with van der Waals surface area (Å²) in [4.78, 5) is 14.6. The SMILES string of the molecule is O=CC1=C(Cl)N=C2SC=CC2C1. The van der Waals surface area contributed by atoms with Crippen molar-refractivity contribution in [3.05, 3.63) is 22.2 Å². The van der Waals surface area contributed by atoms with E-state index in [0.29, 0.717) is 17.2 Å². The van der Waals surface area contributed by atoms with Crippen LogP contribution in [-0.2, 0) is 4.79 Å². The fourth-order valence-corrected chi connectivity index (χ4v) is 2.38. The third kappa shape index (κ3) is 1.23. The van der Waals surface area contributed by atoms with Crippen molar-refractivity contribution < 1.29 is 4.79 Å². The molecular formula is C8H6ClNOS. The number of thioether (sulfide) groups is 1. The Labute approximate surface area is 79.4 Å². The van der Waals surface area contributed by atoms with Gasteiger partial charge in [0.05, 0.1) is 5.04 Å². The van der Waals surface area contributed by atoms with Crippen molar-refractivity contribution in [1.29, 1.82) is 0 Å². The summed E-state index contributed by atoms with van der Waals surface area (Å²) < 4.78 is 0. The Bertz CT molecular complexity index is 319. The summed E-state index contributed by atoms with van der Waals surface area (Å²) in [5.74, 6) is 0.290. The van der Waals surface area contributed by atoms with Crippen molar-refractivity contribution in [3.8, 4) is 0 Å². The number of allylic oxidation sites excluding steroid dienone is 2. The standard InChI is InChI=1S/C8H6ClNOS/c9-7-6(4-11)3-5-1-2-12-8(5)10-7/h1-2,4-5H,3H2. The van der Waals surface area contributed by atoms with E-state index in [1.165, 1.54) is 0 Å². The first-order valence-electron chi connectivity index (χ1n) is 3.57. The van der Waals surface area contributed by atoms with Crippen LogP contribution in [0.5, 0.6) is 0 Å². The van der Waals surface area contributed by atoms with Gasteiger partial charge >= 0.3 is 0 Å². The average Bonchev–Trinajstić information content (AvgIpc) is 2.49. The molecular weight excluding hydrogens is 194 g/mol. The Kier molecular flexibility index (Phi) is 2.07. The number of rotatable bonds is 1. The van der Waals surface area contributed by atoms with E-state index in [0.717, 1.165) is 11.3 Å². The van der Waals surface area contributed by atoms with E-state index in [9.17, 15) is 4.79 Å². The fourth-order valence-electron chi connectivity index (χ4n) is 1.22. The first-order chi connectivity index (χ1) is 5.81. The van der Waals surface area contributed by atoms with Gasteiger partial charge in [0.2, 0.25) is 0 Å². The molecule has 0 radical (unpaired) electrons. The molecule has 1 atom stereocenters. The van der Waals surface area contributed by atoms with Crippen LogP contribution in [0, 0.1) is 5.92 Å². The van der Waals surface area contributed by atoms with Crippen LogP contribution >= 0.6 is 23.4 Å². The molecule has 0 spiro atoms. The van der Waals surface area contributed by atoms with E-state index in [1.807, 2.05) is 5.41 Å². The Hall–Kier alpha value is -0.540. The number of carbonyl (C=O) groups excluding carboxylic acids is 1. The van der Waals surface area contributed by atoms with Crippen molar-refractivity contribution in [2.24, 2.45) is 10.9 Å². The number of aliphatic imine (C=N–C) groups is 1. The molecule has 0 saturated carbocycles. The second kappa shape index (κ2) is 3.07. The number of aldehydes is 1. The summed E-state index contributed by atoms with van der Waals surface area (Å²) in [6, 6.07) is 0. The highest BCUT2D eigenvalue weighted by Gasteiger charge is 2.25. The highest BCUT2D eigenvalue weighted by atomic mass is 35.5. The van der Waals surface area contributed by atoms with Gasteiger partial charge in [0.25, 0.3) is 0 Å². The number of fused-ring (bicyclic) bond motifs is 1. The summed E-state index contributed by atoms with van der Waals surface area (Å²) in [6.45, 7) is 0. The second-order valence-corrected chi connectivity index (χ2v) is 3.93. The predicted octanol–water partition coefficient (Wildman–Crippen LogP) is 2.31. The third-order valence-electron chi connectivity index (χ3n) is 1.87. The van der Waals surface area contributed by atoms with Crippen LogP contribution in [0.15, 0.2) is 27.2 Å². The minimum atomic E-state index is 0.290. The van der Waals surface area contributed by atoms with Crippen LogP contribution in [0.4, 0.5) is 0 Å². The number of hydrogen-bond acceptors (Lipinski definition) is 3. The van der Waals surface area contributed by atoms with E-state index in [1.54, 1.807) is 11.8 Å². The van der Waals surface area contributed by atoms with Gasteiger partial charge in [-0.1, -0.05) is 29.4 Å². The monoisotopic (exact) mass is 199 g/mol. The van der Waals surface area contributed by atoms with Crippen LogP contribution in [-0.4, -0.2) is 11.3 Å². The third-order valence-corrected chi connectivity index (χ3v) is 3.13. The average molecular weight is 200 g/mol. The lowest BCUT2D eigenvalue weighted by Crippen LogP contribution is -2.11. The number of carbonyl (C=O) groups is 1. The summed E-state index contributed by atoms with van der Waals surface area (Å²) in [5, 5.41) is 3.35. The molecule has 2 aliphatic heterocycles. The predicted molar refractivity (Wildman–Crippen MR) is 51.2 cm³/mol. The topological polar surface area (TPSA) is 29.4 Å². The van der Waals surface area contributed by atoms with Gasteiger partial charge in [-0.15, -0.1) is 0 Å². The van der Waals surface area contributed by atoms with Crippen LogP contribution in [0.1, 0.15) is 6.42 Å². The van der Waals surface area contributed by atoms with Crippen molar-refractivity contribution >= 4 is 34.7 Å². The first kappa shape index (κ1) is 8.08. The lowest BCUT2D eigenvalue weighted by molar-refractivity contribution is -0.105. The molecule has 12 heavy (non-hydrogen) atoms. The molecule has 62 valence electrons. The molecule has 0 bridgehead atoms. The quantitative estimate of drug-likeness (QED) is 0.479. The summed E-state index contributed by atoms with van der Waals surface area (Å²) in [6.07, 6.45) is 3.54. The van der Waals surface area contributed by atoms with Gasteiger partial charge in [-0.25, -0.2) is 4.99 Å². The molecule has 4 heteroatoms. The van der Waals surface area contributed by atoms with E-state index < -0.39 is 0 Å². The van der Waals surface area contributed by atoms with Gasteiger partial charge in [0.15, 0.2) is 0 Å². The van der Waals surface area contributed by atoms with Crippen LogP contribution in [0.25, 0.3) is 0 Å². The zero-order valence-electron chi connectivity index (χ0n) is 6.16. The molecule has 2 heterocycles. The molecule has 0 aromatic rings. The van der Waals surface area contributed by atoms with Crippen molar-refractivity contribution in [2.75, 3.05) is 0 Å². The highest BCUT2D eigenvalue weighted by Crippen LogP contribution is 2.35. The van der Waals surface area contributed by atoms with E-state index in [4.69, 9.17) is 11.6 Å². The Morgan fingerprint density at radius 2 is 2.58 bits per heavy atom. The minimum Gasteiger partial charge on any atom is -0.298 e. The van der Waals surface area contributed by atoms with E-state index in [-0.39, 0.29) is 5.92 Å². The largest absolute Gasteiger partial charge is 0.298 e. The maximum Gasteiger partial charge on any atom is 0.149 e. The molecule has 0 N–H and O–H groups in total. The molecule has 0 fully saturated rings. The zero-order chi connectivity index (χ0) is 8.55. The van der Waals surface area contributed by atoms with Crippen LogP contribution in [0.2, 0.25) is 0 Å². The molecule has 0 amide bonds. The minimum absolute atomic E-state index is 0.290. The van der Waals surface area contributed by atoms with E-state index in [2.05, 4.69) is 11.1 Å². The Balaban J connectivity index is 2.35. The summed E-state index contributed by atoms with van der Waals surface area (Å²) in [5.41, 5.74) is 0.609. The van der Waals surface area contributed by atoms with E-state index >= 15 is 0 Å². The molecule has 0 aromatic heterocycles. The van der Waals surface area contributed by atoms with Crippen molar-refractivity contribution in [3.63, 3.8) is 0 Å². The van der Waals surface area contributed by atoms with Gasteiger partial charge in [0.1, 0.15) is 11.4 Å². The van der Waals surface area contributed by atoms with Gasteiger partial charge in [-0.2, -0.15) is 0 Å². The van der Waals surface area contributed by atoms with Crippen molar-refractivity contribution in [1.82, 2.24) is 0 Å². The first-order valence-corrected chi connectivity index (χ1v) is 4.83. The normalized spacial score (nSPS) is 27.1. The molecule has 0 saturated heterocycles. The summed E-state index contributed by atoms with van der Waals surface area (Å²) in [7, 11) is 0. The van der Waals surface area contributed by atoms with Gasteiger partial charge in [0, 0.05) is 11.5 Å². The second-order valence-electron chi connectivity index (χ2n) is 2.64. The Morgan fingerprint density at radius 3 is 3.33 bits per heavy atom. The lowest BCUT2D eigenvalue weighted by Gasteiger charge is -2.14. The molecule has 2 aliphatic rings. The molecule has 1 unspecified atom stereocenters.